The van der Waals surface area contributed by atoms with Crippen LogP contribution in [0.25, 0.3) is 0 Å². The SMILES string of the molecule is CCOc1cccc(CNCCOC)c1OCc1ccccc1Cl.Cl. The lowest BCUT2D eigenvalue weighted by atomic mass is 10.1. The minimum absolute atomic E-state index is 0. The molecule has 0 saturated carbocycles. The molecule has 0 aromatic heterocycles. The summed E-state index contributed by atoms with van der Waals surface area (Å²) in [5.41, 5.74) is 1.99. The molecule has 2 rings (SSSR count). The van der Waals surface area contributed by atoms with Gasteiger partial charge >= 0.3 is 0 Å². The number of para-hydroxylation sites is 1. The third kappa shape index (κ3) is 6.75. The maximum absolute atomic E-state index is 6.21. The zero-order chi connectivity index (χ0) is 17.2. The van der Waals surface area contributed by atoms with Crippen molar-refractivity contribution in [1.29, 1.82) is 0 Å². The van der Waals surface area contributed by atoms with Crippen molar-refractivity contribution in [3.05, 3.63) is 58.6 Å². The smallest absolute Gasteiger partial charge is 0.166 e. The third-order valence-electron chi connectivity index (χ3n) is 3.49. The van der Waals surface area contributed by atoms with Crippen LogP contribution in [0.5, 0.6) is 11.5 Å². The van der Waals surface area contributed by atoms with Gasteiger partial charge < -0.3 is 19.5 Å². The van der Waals surface area contributed by atoms with Crippen molar-refractivity contribution in [2.24, 2.45) is 0 Å². The molecule has 6 heteroatoms. The van der Waals surface area contributed by atoms with E-state index in [0.717, 1.165) is 29.2 Å². The average Bonchev–Trinajstić information content (AvgIpc) is 2.59. The fraction of sp³-hybridized carbons (Fsp3) is 0.368. The number of hydrogen-bond acceptors (Lipinski definition) is 4. The molecule has 0 bridgehead atoms. The van der Waals surface area contributed by atoms with Crippen LogP contribution in [0.2, 0.25) is 5.02 Å². The molecule has 4 nitrogen and oxygen atoms in total. The van der Waals surface area contributed by atoms with E-state index < -0.39 is 0 Å². The van der Waals surface area contributed by atoms with E-state index in [-0.39, 0.29) is 12.4 Å². The monoisotopic (exact) mass is 385 g/mol. The number of benzene rings is 2. The molecule has 0 aliphatic carbocycles. The summed E-state index contributed by atoms with van der Waals surface area (Å²) >= 11 is 6.21. The van der Waals surface area contributed by atoms with E-state index in [4.69, 9.17) is 25.8 Å². The Morgan fingerprint density at radius 1 is 1.00 bits per heavy atom. The average molecular weight is 386 g/mol. The van der Waals surface area contributed by atoms with E-state index in [1.165, 1.54) is 0 Å². The van der Waals surface area contributed by atoms with Crippen LogP contribution < -0.4 is 14.8 Å². The van der Waals surface area contributed by atoms with Gasteiger partial charge in [0.1, 0.15) is 6.61 Å². The fourth-order valence-electron chi connectivity index (χ4n) is 2.30. The predicted octanol–water partition coefficient (Wildman–Crippen LogP) is 4.48. The van der Waals surface area contributed by atoms with E-state index in [1.807, 2.05) is 49.4 Å². The van der Waals surface area contributed by atoms with Crippen LogP contribution in [0.15, 0.2) is 42.5 Å². The standard InChI is InChI=1S/C19H24ClNO3.ClH/c1-3-23-18-10-6-8-15(13-21-11-12-22-2)19(18)24-14-16-7-4-5-9-17(16)20;/h4-10,21H,3,11-14H2,1-2H3;1H. The van der Waals surface area contributed by atoms with E-state index in [2.05, 4.69) is 5.32 Å². The summed E-state index contributed by atoms with van der Waals surface area (Å²) < 4.78 is 16.8. The third-order valence-corrected chi connectivity index (χ3v) is 3.86. The van der Waals surface area contributed by atoms with E-state index in [9.17, 15) is 0 Å². The van der Waals surface area contributed by atoms with Gasteiger partial charge in [-0.3, -0.25) is 0 Å². The van der Waals surface area contributed by atoms with Crippen LogP contribution in [-0.4, -0.2) is 26.9 Å². The van der Waals surface area contributed by atoms with Crippen molar-refractivity contribution >= 4 is 24.0 Å². The summed E-state index contributed by atoms with van der Waals surface area (Å²) in [4.78, 5) is 0. The molecule has 0 saturated heterocycles. The highest BCUT2D eigenvalue weighted by Gasteiger charge is 2.12. The quantitative estimate of drug-likeness (QED) is 0.612. The van der Waals surface area contributed by atoms with Gasteiger partial charge in [-0.25, -0.2) is 0 Å². The fourth-order valence-corrected chi connectivity index (χ4v) is 2.49. The highest BCUT2D eigenvalue weighted by Crippen LogP contribution is 2.32. The van der Waals surface area contributed by atoms with Gasteiger partial charge in [-0.2, -0.15) is 0 Å². The molecule has 0 radical (unpaired) electrons. The number of halogens is 2. The molecule has 0 spiro atoms. The minimum atomic E-state index is 0. The van der Waals surface area contributed by atoms with Crippen LogP contribution in [-0.2, 0) is 17.9 Å². The van der Waals surface area contributed by atoms with E-state index >= 15 is 0 Å². The molecular formula is C19H25Cl2NO3. The summed E-state index contributed by atoms with van der Waals surface area (Å²) in [6.07, 6.45) is 0. The zero-order valence-electron chi connectivity index (χ0n) is 14.6. The van der Waals surface area contributed by atoms with Gasteiger partial charge in [0.25, 0.3) is 0 Å². The Kier molecular flexibility index (Phi) is 10.3. The van der Waals surface area contributed by atoms with Gasteiger partial charge in [0.15, 0.2) is 11.5 Å². The van der Waals surface area contributed by atoms with E-state index in [0.29, 0.717) is 31.4 Å². The Morgan fingerprint density at radius 3 is 2.48 bits per heavy atom. The molecule has 0 atom stereocenters. The Labute approximate surface area is 160 Å². The summed E-state index contributed by atoms with van der Waals surface area (Å²) in [7, 11) is 1.69. The first-order valence-corrected chi connectivity index (χ1v) is 8.44. The lowest BCUT2D eigenvalue weighted by Gasteiger charge is -2.17. The van der Waals surface area contributed by atoms with Gasteiger partial charge in [-0.1, -0.05) is 41.9 Å². The minimum Gasteiger partial charge on any atom is -0.490 e. The Balaban J connectivity index is 0.00000312. The lowest BCUT2D eigenvalue weighted by Crippen LogP contribution is -2.19. The van der Waals surface area contributed by atoms with Gasteiger partial charge in [-0.05, 0) is 19.1 Å². The second-order valence-corrected chi connectivity index (χ2v) is 5.63. The van der Waals surface area contributed by atoms with Gasteiger partial charge in [-0.15, -0.1) is 12.4 Å². The van der Waals surface area contributed by atoms with Crippen molar-refractivity contribution in [3.8, 4) is 11.5 Å². The van der Waals surface area contributed by atoms with Crippen molar-refractivity contribution in [1.82, 2.24) is 5.32 Å². The number of nitrogens with one attached hydrogen (secondary N) is 1. The molecule has 138 valence electrons. The van der Waals surface area contributed by atoms with Crippen LogP contribution in [0.4, 0.5) is 0 Å². The van der Waals surface area contributed by atoms with Gasteiger partial charge in [0.05, 0.1) is 13.2 Å². The van der Waals surface area contributed by atoms with Crippen molar-refractivity contribution in [2.45, 2.75) is 20.1 Å². The summed E-state index contributed by atoms with van der Waals surface area (Å²) in [5.74, 6) is 1.50. The first kappa shape index (κ1) is 21.6. The molecule has 1 N–H and O–H groups in total. The van der Waals surface area contributed by atoms with Crippen molar-refractivity contribution in [3.63, 3.8) is 0 Å². The number of rotatable bonds is 10. The van der Waals surface area contributed by atoms with Crippen LogP contribution in [0.1, 0.15) is 18.1 Å². The number of ether oxygens (including phenoxy) is 3. The van der Waals surface area contributed by atoms with Gasteiger partial charge in [0.2, 0.25) is 0 Å². The molecular weight excluding hydrogens is 361 g/mol. The van der Waals surface area contributed by atoms with Crippen LogP contribution >= 0.6 is 24.0 Å². The number of methoxy groups -OCH3 is 1. The Hall–Kier alpha value is -1.46. The molecule has 0 unspecified atom stereocenters. The second kappa shape index (κ2) is 12.0. The second-order valence-electron chi connectivity index (χ2n) is 5.23. The highest BCUT2D eigenvalue weighted by atomic mass is 35.5. The lowest BCUT2D eigenvalue weighted by molar-refractivity contribution is 0.199. The maximum Gasteiger partial charge on any atom is 0.166 e. The normalized spacial score (nSPS) is 10.2. The molecule has 0 fully saturated rings. The molecule has 25 heavy (non-hydrogen) atoms. The Morgan fingerprint density at radius 2 is 1.76 bits per heavy atom. The maximum atomic E-state index is 6.21. The van der Waals surface area contributed by atoms with Crippen LogP contribution in [0.3, 0.4) is 0 Å². The summed E-state index contributed by atoms with van der Waals surface area (Å²) in [6, 6.07) is 13.6. The molecule has 0 aliphatic heterocycles. The van der Waals surface area contributed by atoms with Gasteiger partial charge in [0, 0.05) is 36.3 Å². The molecule has 2 aromatic rings. The first-order chi connectivity index (χ1) is 11.8. The summed E-state index contributed by atoms with van der Waals surface area (Å²) in [6.45, 7) is 5.07. The molecule has 0 amide bonds. The topological polar surface area (TPSA) is 39.7 Å². The predicted molar refractivity (Wildman–Crippen MR) is 104 cm³/mol. The zero-order valence-corrected chi connectivity index (χ0v) is 16.2. The van der Waals surface area contributed by atoms with Crippen LogP contribution in [0, 0.1) is 0 Å². The van der Waals surface area contributed by atoms with Crippen molar-refractivity contribution < 1.29 is 14.2 Å². The molecule has 0 heterocycles. The van der Waals surface area contributed by atoms with E-state index in [1.54, 1.807) is 7.11 Å². The highest BCUT2D eigenvalue weighted by molar-refractivity contribution is 6.31. The largest absolute Gasteiger partial charge is 0.490 e. The Bertz CT molecular complexity index is 638. The number of hydrogen-bond donors (Lipinski definition) is 1. The summed E-state index contributed by atoms with van der Waals surface area (Å²) in [5, 5.41) is 4.04. The molecule has 0 aliphatic rings. The molecule has 2 aromatic carbocycles. The van der Waals surface area contributed by atoms with Crippen molar-refractivity contribution in [2.75, 3.05) is 26.9 Å². The first-order valence-electron chi connectivity index (χ1n) is 8.06.